The number of aryl methyl sites for hydroxylation is 1. The molecule has 35 heavy (non-hydrogen) atoms. The summed E-state index contributed by atoms with van der Waals surface area (Å²) in [7, 11) is 0. The van der Waals surface area contributed by atoms with Crippen molar-refractivity contribution in [1.29, 1.82) is 0 Å². The van der Waals surface area contributed by atoms with Crippen LogP contribution in [0.4, 0.5) is 0 Å². The first-order valence-electron chi connectivity index (χ1n) is 14.5. The Hall–Kier alpha value is -1.51. The van der Waals surface area contributed by atoms with Crippen molar-refractivity contribution in [2.45, 2.75) is 146 Å². The molecule has 0 aromatic heterocycles. The monoisotopic (exact) mass is 490 g/mol. The van der Waals surface area contributed by atoms with Crippen LogP contribution in [0, 0.1) is 31.6 Å². The van der Waals surface area contributed by atoms with Crippen LogP contribution < -0.4 is 9.47 Å². The Labute approximate surface area is 218 Å². The van der Waals surface area contributed by atoms with Crippen LogP contribution in [0.5, 0.6) is 11.5 Å². The zero-order valence-corrected chi connectivity index (χ0v) is 25.2. The van der Waals surface area contributed by atoms with E-state index in [0.29, 0.717) is 5.75 Å². The van der Waals surface area contributed by atoms with E-state index in [-0.39, 0.29) is 12.1 Å². The molecule has 1 aliphatic heterocycles. The standard InChI is InChI=1S/C16H34.C14H18O3.C2H6/c1-6-9-15(4)12-8-13-16(5)11-7-10-14(2)3;1-8-7-13(17-11(4)15)10(3)12-6-5-9(2)16-14(8)12;1-2/h14-16H,6-13H2,1-5H3;7,9H,5-6H2,1-4H3;1-2H3. The zero-order chi connectivity index (χ0) is 27.0. The summed E-state index contributed by atoms with van der Waals surface area (Å²) >= 11 is 0. The van der Waals surface area contributed by atoms with Gasteiger partial charge in [0.15, 0.2) is 0 Å². The van der Waals surface area contributed by atoms with Gasteiger partial charge in [-0.25, -0.2) is 0 Å². The van der Waals surface area contributed by atoms with Gasteiger partial charge in [0, 0.05) is 12.5 Å². The summed E-state index contributed by atoms with van der Waals surface area (Å²) in [6.45, 7) is 23.3. The first-order valence-corrected chi connectivity index (χ1v) is 14.5. The van der Waals surface area contributed by atoms with Crippen LogP contribution in [0.2, 0.25) is 0 Å². The van der Waals surface area contributed by atoms with Gasteiger partial charge in [0.1, 0.15) is 11.5 Å². The first-order chi connectivity index (χ1) is 16.5. The summed E-state index contributed by atoms with van der Waals surface area (Å²) in [6.07, 6.45) is 13.7. The van der Waals surface area contributed by atoms with Crippen molar-refractivity contribution >= 4 is 5.97 Å². The van der Waals surface area contributed by atoms with Gasteiger partial charge in [-0.2, -0.15) is 0 Å². The molecule has 0 radical (unpaired) electrons. The van der Waals surface area contributed by atoms with E-state index in [2.05, 4.69) is 41.5 Å². The van der Waals surface area contributed by atoms with E-state index >= 15 is 0 Å². The van der Waals surface area contributed by atoms with Crippen molar-refractivity contribution in [1.82, 2.24) is 0 Å². The van der Waals surface area contributed by atoms with Gasteiger partial charge >= 0.3 is 5.97 Å². The normalized spacial score (nSPS) is 16.1. The molecule has 0 fully saturated rings. The molecular weight excluding hydrogens is 432 g/mol. The van der Waals surface area contributed by atoms with Crippen LogP contribution in [0.25, 0.3) is 0 Å². The average Bonchev–Trinajstić information content (AvgIpc) is 2.79. The second-order valence-electron chi connectivity index (χ2n) is 10.9. The summed E-state index contributed by atoms with van der Waals surface area (Å²) in [5.74, 6) is 4.14. The quantitative estimate of drug-likeness (QED) is 0.229. The lowest BCUT2D eigenvalue weighted by Gasteiger charge is -2.27. The number of benzene rings is 1. The highest BCUT2D eigenvalue weighted by atomic mass is 16.5. The smallest absolute Gasteiger partial charge is 0.308 e. The molecule has 204 valence electrons. The molecule has 3 unspecified atom stereocenters. The molecule has 1 aromatic rings. The molecule has 0 saturated carbocycles. The SMILES string of the molecule is CC.CC(=O)Oc1cc(C)c2c(c1C)CCC(C)O2.CCCC(C)CCCC(C)CCCC(C)C. The summed E-state index contributed by atoms with van der Waals surface area (Å²) in [5.41, 5.74) is 3.24. The lowest BCUT2D eigenvalue weighted by molar-refractivity contribution is -0.131. The largest absolute Gasteiger partial charge is 0.490 e. The molecule has 1 aromatic carbocycles. The van der Waals surface area contributed by atoms with Gasteiger partial charge in [0.2, 0.25) is 0 Å². The van der Waals surface area contributed by atoms with E-state index < -0.39 is 0 Å². The number of hydrogen-bond acceptors (Lipinski definition) is 3. The Balaban J connectivity index is 0.000000619. The van der Waals surface area contributed by atoms with Gasteiger partial charge in [-0.15, -0.1) is 0 Å². The highest BCUT2D eigenvalue weighted by Gasteiger charge is 2.22. The number of carbonyl (C=O) groups is 1. The van der Waals surface area contributed by atoms with Gasteiger partial charge in [-0.1, -0.05) is 99.8 Å². The van der Waals surface area contributed by atoms with E-state index in [1.807, 2.05) is 33.8 Å². The number of ether oxygens (including phenoxy) is 2. The Bertz CT molecular complexity index is 707. The lowest BCUT2D eigenvalue weighted by Crippen LogP contribution is -2.21. The minimum absolute atomic E-state index is 0.264. The van der Waals surface area contributed by atoms with Gasteiger partial charge in [-0.3, -0.25) is 4.79 Å². The van der Waals surface area contributed by atoms with Crippen LogP contribution in [-0.2, 0) is 11.2 Å². The third-order valence-corrected chi connectivity index (χ3v) is 6.83. The predicted octanol–water partition coefficient (Wildman–Crippen LogP) is 10.0. The molecule has 0 spiro atoms. The molecule has 1 aliphatic rings. The van der Waals surface area contributed by atoms with Crippen LogP contribution >= 0.6 is 0 Å². The van der Waals surface area contributed by atoms with Gasteiger partial charge in [0.25, 0.3) is 0 Å². The molecule has 3 heteroatoms. The van der Waals surface area contributed by atoms with Crippen molar-refractivity contribution in [3.8, 4) is 11.5 Å². The van der Waals surface area contributed by atoms with Crippen molar-refractivity contribution in [3.05, 3.63) is 22.8 Å². The van der Waals surface area contributed by atoms with Crippen molar-refractivity contribution in [2.75, 3.05) is 0 Å². The number of hydrogen-bond donors (Lipinski definition) is 0. The van der Waals surface area contributed by atoms with Gasteiger partial charge < -0.3 is 9.47 Å². The third kappa shape index (κ3) is 14.0. The fourth-order valence-electron chi connectivity index (χ4n) is 4.73. The summed E-state index contributed by atoms with van der Waals surface area (Å²) in [6, 6.07) is 1.88. The van der Waals surface area contributed by atoms with Crippen LogP contribution in [0.3, 0.4) is 0 Å². The minimum atomic E-state index is -0.280. The summed E-state index contributed by atoms with van der Waals surface area (Å²) < 4.78 is 11.1. The highest BCUT2D eigenvalue weighted by molar-refractivity contribution is 5.70. The van der Waals surface area contributed by atoms with Crippen molar-refractivity contribution in [3.63, 3.8) is 0 Å². The maximum Gasteiger partial charge on any atom is 0.308 e. The molecular formula is C32H58O3. The fraction of sp³-hybridized carbons (Fsp3) is 0.781. The molecule has 3 atom stereocenters. The van der Waals surface area contributed by atoms with Crippen LogP contribution in [-0.4, -0.2) is 12.1 Å². The van der Waals surface area contributed by atoms with Gasteiger partial charge in [-0.05, 0) is 68.6 Å². The number of fused-ring (bicyclic) bond motifs is 1. The van der Waals surface area contributed by atoms with Crippen molar-refractivity contribution in [2.24, 2.45) is 17.8 Å². The average molecular weight is 491 g/mol. The molecule has 2 rings (SSSR count). The summed E-state index contributed by atoms with van der Waals surface area (Å²) in [5, 5.41) is 0. The zero-order valence-electron chi connectivity index (χ0n) is 25.2. The Morgan fingerprint density at radius 1 is 1.00 bits per heavy atom. The first kappa shape index (κ1) is 33.5. The second kappa shape index (κ2) is 18.7. The van der Waals surface area contributed by atoms with Crippen LogP contribution in [0.1, 0.15) is 137 Å². The Kier molecular flexibility index (Phi) is 17.9. The number of esters is 1. The van der Waals surface area contributed by atoms with Gasteiger partial charge in [0.05, 0.1) is 6.10 Å². The minimum Gasteiger partial charge on any atom is -0.490 e. The highest BCUT2D eigenvalue weighted by Crippen LogP contribution is 2.38. The van der Waals surface area contributed by atoms with E-state index in [0.717, 1.165) is 47.5 Å². The van der Waals surface area contributed by atoms with Crippen LogP contribution in [0.15, 0.2) is 6.07 Å². The number of carbonyl (C=O) groups excluding carboxylic acids is 1. The molecule has 0 aliphatic carbocycles. The third-order valence-electron chi connectivity index (χ3n) is 6.83. The lowest BCUT2D eigenvalue weighted by atomic mass is 9.92. The maximum atomic E-state index is 11.0. The molecule has 1 heterocycles. The Morgan fingerprint density at radius 3 is 2.06 bits per heavy atom. The molecule has 0 bridgehead atoms. The van der Waals surface area contributed by atoms with E-state index in [9.17, 15) is 4.79 Å². The second-order valence-corrected chi connectivity index (χ2v) is 10.9. The van der Waals surface area contributed by atoms with E-state index in [1.54, 1.807) is 0 Å². The topological polar surface area (TPSA) is 35.5 Å². The number of rotatable bonds is 11. The predicted molar refractivity (Wildman–Crippen MR) is 153 cm³/mol. The van der Waals surface area contributed by atoms with E-state index in [1.165, 1.54) is 63.9 Å². The maximum absolute atomic E-state index is 11.0. The Morgan fingerprint density at radius 2 is 1.54 bits per heavy atom. The molecule has 3 nitrogen and oxygen atoms in total. The molecule has 0 N–H and O–H groups in total. The summed E-state index contributed by atoms with van der Waals surface area (Å²) in [4.78, 5) is 11.0. The molecule has 0 amide bonds. The molecule has 0 saturated heterocycles. The van der Waals surface area contributed by atoms with E-state index in [4.69, 9.17) is 9.47 Å². The fourth-order valence-corrected chi connectivity index (χ4v) is 4.73. The van der Waals surface area contributed by atoms with Crippen molar-refractivity contribution < 1.29 is 14.3 Å².